The Labute approximate surface area is 206 Å². The molecule has 5 nitrogen and oxygen atoms in total. The topological polar surface area (TPSA) is 66.8 Å². The molecule has 1 heterocycles. The number of aliphatic carboxylic acids is 1. The highest BCUT2D eigenvalue weighted by atomic mass is 35.5. The van der Waals surface area contributed by atoms with Gasteiger partial charge in [0.1, 0.15) is 23.0 Å². The second kappa shape index (κ2) is 10.0. The van der Waals surface area contributed by atoms with Crippen molar-refractivity contribution in [2.45, 2.75) is 38.3 Å². The van der Waals surface area contributed by atoms with E-state index in [-0.39, 0.29) is 30.4 Å². The number of nitrogens with zero attached hydrogens (tertiary/aromatic N) is 1. The Balaban J connectivity index is 1.53. The number of hydrogen-bond donors (Lipinski definition) is 1. The molecule has 1 N–H and O–H groups in total. The van der Waals surface area contributed by atoms with Crippen molar-refractivity contribution in [1.82, 2.24) is 4.90 Å². The third-order valence-electron chi connectivity index (χ3n) is 5.94. The van der Waals surface area contributed by atoms with Crippen LogP contribution in [0.3, 0.4) is 0 Å². The maximum absolute atomic E-state index is 13.9. The number of carboxylic acids is 1. The van der Waals surface area contributed by atoms with Crippen molar-refractivity contribution in [3.8, 4) is 5.75 Å². The zero-order chi connectivity index (χ0) is 25.2. The molecular formula is C27H24ClF2NO4. The van der Waals surface area contributed by atoms with Gasteiger partial charge < -0.3 is 14.7 Å². The molecule has 0 aliphatic carbocycles. The molecule has 0 aromatic heterocycles. The van der Waals surface area contributed by atoms with E-state index in [2.05, 4.69) is 0 Å². The van der Waals surface area contributed by atoms with Crippen LogP contribution >= 0.6 is 11.6 Å². The summed E-state index contributed by atoms with van der Waals surface area (Å²) in [7, 11) is 0. The van der Waals surface area contributed by atoms with Gasteiger partial charge in [-0.2, -0.15) is 0 Å². The first-order valence-corrected chi connectivity index (χ1v) is 11.5. The fraction of sp³-hybridized carbons (Fsp3) is 0.259. The first-order chi connectivity index (χ1) is 16.6. The van der Waals surface area contributed by atoms with Gasteiger partial charge in [0, 0.05) is 31.5 Å². The van der Waals surface area contributed by atoms with Gasteiger partial charge in [0.2, 0.25) is 0 Å². The molecule has 1 aliphatic heterocycles. The van der Waals surface area contributed by atoms with Crippen molar-refractivity contribution < 1.29 is 28.2 Å². The van der Waals surface area contributed by atoms with Gasteiger partial charge in [-0.15, -0.1) is 0 Å². The smallest absolute Gasteiger partial charge is 0.305 e. The van der Waals surface area contributed by atoms with E-state index in [0.717, 1.165) is 11.1 Å². The molecule has 0 spiro atoms. The molecule has 0 saturated heterocycles. The van der Waals surface area contributed by atoms with E-state index in [0.29, 0.717) is 29.7 Å². The number of hydrogen-bond acceptors (Lipinski definition) is 3. The van der Waals surface area contributed by atoms with Gasteiger partial charge in [-0.1, -0.05) is 29.8 Å². The lowest BCUT2D eigenvalue weighted by Gasteiger charge is -2.24. The molecule has 0 fully saturated rings. The summed E-state index contributed by atoms with van der Waals surface area (Å²) in [4.78, 5) is 25.9. The normalized spacial score (nSPS) is 16.5. The first kappa shape index (κ1) is 24.7. The van der Waals surface area contributed by atoms with Crippen LogP contribution in [0.2, 0.25) is 5.02 Å². The Bertz CT molecular complexity index is 1280. The highest BCUT2D eigenvalue weighted by Gasteiger charge is 2.35. The van der Waals surface area contributed by atoms with Crippen LogP contribution in [-0.4, -0.2) is 34.0 Å². The minimum atomic E-state index is -1.03. The van der Waals surface area contributed by atoms with E-state index < -0.39 is 23.2 Å². The van der Waals surface area contributed by atoms with Gasteiger partial charge in [-0.3, -0.25) is 9.59 Å². The molecule has 182 valence electrons. The highest BCUT2D eigenvalue weighted by molar-refractivity contribution is 6.30. The zero-order valence-corrected chi connectivity index (χ0v) is 19.8. The van der Waals surface area contributed by atoms with Crippen molar-refractivity contribution in [1.29, 1.82) is 0 Å². The second-order valence-electron chi connectivity index (χ2n) is 8.98. The van der Waals surface area contributed by atoms with Crippen molar-refractivity contribution in [2.75, 3.05) is 6.54 Å². The molecule has 0 unspecified atom stereocenters. The standard InChI is InChI=1S/C27H24ClF2NO4/c1-27(14-17-5-7-22(28)23(30)12-17)15-20-13-19(6-8-24(20)35-27)26(34)31(10-9-25(32)33)16-18-3-2-4-21(29)11-18/h2-8,11-13H,9-10,14-16H2,1H3,(H,32,33)/t27-/m0/s1. The highest BCUT2D eigenvalue weighted by Crippen LogP contribution is 2.38. The Kier molecular flexibility index (Phi) is 7.08. The van der Waals surface area contributed by atoms with Crippen molar-refractivity contribution in [3.63, 3.8) is 0 Å². The molecule has 3 aromatic carbocycles. The fourth-order valence-corrected chi connectivity index (χ4v) is 4.47. The van der Waals surface area contributed by atoms with Crippen LogP contribution in [0.15, 0.2) is 60.7 Å². The maximum Gasteiger partial charge on any atom is 0.305 e. The van der Waals surface area contributed by atoms with Crippen molar-refractivity contribution >= 4 is 23.5 Å². The summed E-state index contributed by atoms with van der Waals surface area (Å²) in [5.41, 5.74) is 1.89. The van der Waals surface area contributed by atoms with Crippen LogP contribution in [0.1, 0.15) is 40.4 Å². The number of carbonyl (C=O) groups is 2. The lowest BCUT2D eigenvalue weighted by atomic mass is 9.91. The van der Waals surface area contributed by atoms with E-state index in [4.69, 9.17) is 21.4 Å². The second-order valence-corrected chi connectivity index (χ2v) is 9.38. The molecule has 1 amide bonds. The lowest BCUT2D eigenvalue weighted by molar-refractivity contribution is -0.137. The predicted octanol–water partition coefficient (Wildman–Crippen LogP) is 5.67. The van der Waals surface area contributed by atoms with Gasteiger partial charge in [0.05, 0.1) is 11.4 Å². The summed E-state index contributed by atoms with van der Waals surface area (Å²) < 4.78 is 33.7. The minimum absolute atomic E-state index is 0.0158. The maximum atomic E-state index is 13.9. The number of ether oxygens (including phenoxy) is 1. The molecule has 0 radical (unpaired) electrons. The van der Waals surface area contributed by atoms with Gasteiger partial charge >= 0.3 is 5.97 Å². The summed E-state index contributed by atoms with van der Waals surface area (Å²) in [5.74, 6) is -1.66. The molecule has 0 bridgehead atoms. The molecule has 1 atom stereocenters. The molecule has 0 saturated carbocycles. The summed E-state index contributed by atoms with van der Waals surface area (Å²) >= 11 is 5.78. The number of amides is 1. The number of carboxylic acid groups (broad SMARTS) is 1. The Hall–Kier alpha value is -3.45. The van der Waals surface area contributed by atoms with Crippen LogP contribution < -0.4 is 4.74 Å². The van der Waals surface area contributed by atoms with Gasteiger partial charge in [0.15, 0.2) is 0 Å². The Morgan fingerprint density at radius 2 is 1.89 bits per heavy atom. The average Bonchev–Trinajstić information content (AvgIpc) is 3.13. The number of carbonyl (C=O) groups excluding carboxylic acids is 1. The SMILES string of the molecule is C[C@]1(Cc2ccc(Cl)c(F)c2)Cc2cc(C(=O)N(CCC(=O)O)Cc3cccc(F)c3)ccc2O1. The van der Waals surface area contributed by atoms with Gasteiger partial charge in [-0.05, 0) is 66.1 Å². The van der Waals surface area contributed by atoms with E-state index in [1.54, 1.807) is 36.4 Å². The van der Waals surface area contributed by atoms with E-state index in [9.17, 15) is 18.4 Å². The molecule has 4 rings (SSSR count). The predicted molar refractivity (Wildman–Crippen MR) is 128 cm³/mol. The zero-order valence-electron chi connectivity index (χ0n) is 19.1. The summed E-state index contributed by atoms with van der Waals surface area (Å²) in [6, 6.07) is 15.6. The van der Waals surface area contributed by atoms with Crippen LogP contribution in [0.25, 0.3) is 0 Å². The van der Waals surface area contributed by atoms with Crippen LogP contribution in [0, 0.1) is 11.6 Å². The summed E-state index contributed by atoms with van der Waals surface area (Å²) in [6.07, 6.45) is 0.723. The molecule has 35 heavy (non-hydrogen) atoms. The Morgan fingerprint density at radius 3 is 2.60 bits per heavy atom. The van der Waals surface area contributed by atoms with Crippen LogP contribution in [0.4, 0.5) is 8.78 Å². The van der Waals surface area contributed by atoms with Gasteiger partial charge in [-0.25, -0.2) is 8.78 Å². The number of halogens is 3. The number of benzene rings is 3. The lowest BCUT2D eigenvalue weighted by Crippen LogP contribution is -2.33. The van der Waals surface area contributed by atoms with E-state index in [1.807, 2.05) is 6.92 Å². The average molecular weight is 500 g/mol. The monoisotopic (exact) mass is 499 g/mol. The van der Waals surface area contributed by atoms with E-state index in [1.165, 1.54) is 29.2 Å². The van der Waals surface area contributed by atoms with E-state index >= 15 is 0 Å². The number of fused-ring (bicyclic) bond motifs is 1. The third kappa shape index (κ3) is 5.98. The summed E-state index contributed by atoms with van der Waals surface area (Å²) in [6.45, 7) is 1.99. The van der Waals surface area contributed by atoms with Crippen LogP contribution in [-0.2, 0) is 24.2 Å². The number of rotatable bonds is 8. The molecule has 8 heteroatoms. The third-order valence-corrected chi connectivity index (χ3v) is 6.24. The largest absolute Gasteiger partial charge is 0.487 e. The Morgan fingerprint density at radius 1 is 1.09 bits per heavy atom. The quantitative estimate of drug-likeness (QED) is 0.433. The van der Waals surface area contributed by atoms with Crippen molar-refractivity contribution in [2.24, 2.45) is 0 Å². The first-order valence-electron chi connectivity index (χ1n) is 11.1. The minimum Gasteiger partial charge on any atom is -0.487 e. The summed E-state index contributed by atoms with van der Waals surface area (Å²) in [5, 5.41) is 9.18. The van der Waals surface area contributed by atoms with Gasteiger partial charge in [0.25, 0.3) is 5.91 Å². The molecule has 1 aliphatic rings. The van der Waals surface area contributed by atoms with Crippen molar-refractivity contribution in [3.05, 3.63) is 99.6 Å². The molecule has 3 aromatic rings. The van der Waals surface area contributed by atoms with Crippen LogP contribution in [0.5, 0.6) is 5.75 Å². The fourth-order valence-electron chi connectivity index (χ4n) is 4.36. The molecular weight excluding hydrogens is 476 g/mol.